The molecule has 4 unspecified atom stereocenters. The number of nitrogens with one attached hydrogen (secondary N) is 3. The Balaban J connectivity index is 2.20. The molecular formula is C28H49N3O4. The summed E-state index contributed by atoms with van der Waals surface area (Å²) in [5, 5.41) is 19.0. The molecule has 7 nitrogen and oxygen atoms in total. The van der Waals surface area contributed by atoms with E-state index in [0.717, 1.165) is 38.5 Å². The minimum atomic E-state index is -0.643. The van der Waals surface area contributed by atoms with Crippen LogP contribution in [0.1, 0.15) is 104 Å². The fourth-order valence-electron chi connectivity index (χ4n) is 5.43. The summed E-state index contributed by atoms with van der Waals surface area (Å²) >= 11 is 0. The molecule has 1 saturated heterocycles. The van der Waals surface area contributed by atoms with E-state index in [1.807, 2.05) is 13.8 Å². The summed E-state index contributed by atoms with van der Waals surface area (Å²) in [7, 11) is 0. The maximum Gasteiger partial charge on any atom is 0.242 e. The van der Waals surface area contributed by atoms with Crippen LogP contribution in [0.25, 0.3) is 0 Å². The normalized spacial score (nSPS) is 29.9. The maximum atomic E-state index is 13.3. The predicted molar refractivity (Wildman–Crippen MR) is 140 cm³/mol. The first-order valence-corrected chi connectivity index (χ1v) is 14.0. The van der Waals surface area contributed by atoms with Gasteiger partial charge in [0.2, 0.25) is 17.7 Å². The Morgan fingerprint density at radius 1 is 1.06 bits per heavy atom. The first-order valence-electron chi connectivity index (χ1n) is 14.0. The van der Waals surface area contributed by atoms with Gasteiger partial charge in [0.05, 0.1) is 18.1 Å². The monoisotopic (exact) mass is 491 g/mol. The number of aliphatic hydroxyl groups is 1. The highest BCUT2D eigenvalue weighted by Crippen LogP contribution is 2.36. The molecular weight excluding hydrogens is 442 g/mol. The van der Waals surface area contributed by atoms with Crippen molar-refractivity contribution >= 4 is 17.7 Å². The molecule has 0 radical (unpaired) electrons. The second kappa shape index (κ2) is 15.3. The van der Waals surface area contributed by atoms with Gasteiger partial charge in [-0.05, 0) is 57.3 Å². The highest BCUT2D eigenvalue weighted by Gasteiger charge is 2.43. The van der Waals surface area contributed by atoms with E-state index >= 15 is 0 Å². The van der Waals surface area contributed by atoms with Crippen molar-refractivity contribution < 1.29 is 19.5 Å². The quantitative estimate of drug-likeness (QED) is 0.289. The van der Waals surface area contributed by atoms with Crippen LogP contribution in [0, 0.1) is 17.3 Å². The van der Waals surface area contributed by atoms with Gasteiger partial charge in [-0.1, -0.05) is 65.0 Å². The van der Waals surface area contributed by atoms with E-state index in [1.54, 1.807) is 0 Å². The van der Waals surface area contributed by atoms with Gasteiger partial charge in [-0.15, -0.1) is 0 Å². The van der Waals surface area contributed by atoms with E-state index in [1.165, 1.54) is 19.3 Å². The van der Waals surface area contributed by atoms with Gasteiger partial charge in [0.1, 0.15) is 6.04 Å². The molecule has 2 heterocycles. The maximum absolute atomic E-state index is 13.3. The van der Waals surface area contributed by atoms with Crippen LogP contribution in [0.15, 0.2) is 12.2 Å². The van der Waals surface area contributed by atoms with Crippen molar-refractivity contribution in [1.29, 1.82) is 0 Å². The second-order valence-electron chi connectivity index (χ2n) is 11.1. The number of hydrogen-bond acceptors (Lipinski definition) is 4. The van der Waals surface area contributed by atoms with Gasteiger partial charge in [-0.3, -0.25) is 14.4 Å². The molecule has 35 heavy (non-hydrogen) atoms. The van der Waals surface area contributed by atoms with E-state index in [4.69, 9.17) is 0 Å². The molecule has 2 aliphatic rings. The molecule has 0 aromatic rings. The van der Waals surface area contributed by atoms with E-state index in [-0.39, 0.29) is 36.2 Å². The largest absolute Gasteiger partial charge is 0.394 e. The van der Waals surface area contributed by atoms with Crippen LogP contribution < -0.4 is 16.0 Å². The molecule has 0 aromatic heterocycles. The number of carbonyl (C=O) groups excluding carboxylic acids is 3. The van der Waals surface area contributed by atoms with Crippen LogP contribution in [0.5, 0.6) is 0 Å². The molecule has 2 aliphatic heterocycles. The summed E-state index contributed by atoms with van der Waals surface area (Å²) in [5.74, 6) is -0.184. The fraction of sp³-hybridized carbons (Fsp3) is 0.821. The third-order valence-corrected chi connectivity index (χ3v) is 7.54. The van der Waals surface area contributed by atoms with Crippen LogP contribution in [-0.2, 0) is 14.4 Å². The number of hydrogen-bond donors (Lipinski definition) is 4. The first-order chi connectivity index (χ1) is 16.8. The second-order valence-corrected chi connectivity index (χ2v) is 11.1. The van der Waals surface area contributed by atoms with Crippen LogP contribution in [-0.4, -0.2) is 48.1 Å². The zero-order chi connectivity index (χ0) is 25.7. The molecule has 4 N–H and O–H groups in total. The molecule has 3 amide bonds. The van der Waals surface area contributed by atoms with Crippen molar-refractivity contribution in [3.8, 4) is 0 Å². The minimum Gasteiger partial charge on any atom is -0.394 e. The summed E-state index contributed by atoms with van der Waals surface area (Å²) in [4.78, 5) is 39.3. The lowest BCUT2D eigenvalue weighted by atomic mass is 9.77. The van der Waals surface area contributed by atoms with Crippen LogP contribution in [0.3, 0.4) is 0 Å². The first kappa shape index (κ1) is 29.3. The Morgan fingerprint density at radius 2 is 1.83 bits per heavy atom. The van der Waals surface area contributed by atoms with Gasteiger partial charge < -0.3 is 21.1 Å². The van der Waals surface area contributed by atoms with E-state index < -0.39 is 17.5 Å². The average Bonchev–Trinajstić information content (AvgIpc) is 3.17. The van der Waals surface area contributed by atoms with Gasteiger partial charge >= 0.3 is 0 Å². The Morgan fingerprint density at radius 3 is 2.49 bits per heavy atom. The lowest BCUT2D eigenvalue weighted by Crippen LogP contribution is -2.53. The van der Waals surface area contributed by atoms with Crippen molar-refractivity contribution in [2.75, 3.05) is 13.2 Å². The van der Waals surface area contributed by atoms with E-state index in [0.29, 0.717) is 32.2 Å². The van der Waals surface area contributed by atoms with Gasteiger partial charge in [-0.2, -0.15) is 0 Å². The molecule has 2 rings (SSSR count). The molecule has 200 valence electrons. The van der Waals surface area contributed by atoms with Gasteiger partial charge in [0.15, 0.2) is 0 Å². The smallest absolute Gasteiger partial charge is 0.242 e. The highest BCUT2D eigenvalue weighted by atomic mass is 16.3. The molecule has 7 heteroatoms. The van der Waals surface area contributed by atoms with E-state index in [2.05, 4.69) is 35.0 Å². The average molecular weight is 492 g/mol. The Bertz CT molecular complexity index is 708. The van der Waals surface area contributed by atoms with E-state index in [9.17, 15) is 19.5 Å². The van der Waals surface area contributed by atoms with Crippen molar-refractivity contribution in [2.45, 2.75) is 116 Å². The fourth-order valence-corrected chi connectivity index (χ4v) is 5.43. The van der Waals surface area contributed by atoms with Gasteiger partial charge in [-0.25, -0.2) is 0 Å². The molecule has 0 bridgehead atoms. The third kappa shape index (κ3) is 9.59. The summed E-state index contributed by atoms with van der Waals surface area (Å²) in [6, 6.07) is -1.18. The van der Waals surface area contributed by atoms with Crippen LogP contribution in [0.4, 0.5) is 0 Å². The molecule has 1 fully saturated rings. The Kier molecular flexibility index (Phi) is 12.8. The Hall–Kier alpha value is -1.89. The van der Waals surface area contributed by atoms with Crippen molar-refractivity contribution in [3.63, 3.8) is 0 Å². The highest BCUT2D eigenvalue weighted by molar-refractivity contribution is 5.89. The third-order valence-electron chi connectivity index (χ3n) is 7.54. The topological polar surface area (TPSA) is 108 Å². The number of carbonyl (C=O) groups is 3. The summed E-state index contributed by atoms with van der Waals surface area (Å²) in [6.07, 6.45) is 15.6. The standard InChI is InChI=1S/C28H49N3O4/c1-4-5-6-7-10-13-22-14-11-8-9-12-15-28(16-17-29-27(28)35)19-23(20-32)30-26(34)24(18-21(2)3)31-25(22)33/h9,12,21-24,32H,4-8,10-11,13-20H2,1-3H3,(H,29,35)(H,30,34)(H,31,33)/b12-9+. The van der Waals surface area contributed by atoms with Crippen molar-refractivity contribution in [3.05, 3.63) is 12.2 Å². The zero-order valence-electron chi connectivity index (χ0n) is 22.2. The van der Waals surface area contributed by atoms with Crippen molar-refractivity contribution in [1.82, 2.24) is 16.0 Å². The number of rotatable bonds is 9. The number of unbranched alkanes of at least 4 members (excludes halogenated alkanes) is 4. The SMILES string of the molecule is CCCCCCCC1CCC/C=C/CC2(CCNC2=O)CC(CO)NC(=O)C(CC(C)C)NC1=O. The zero-order valence-corrected chi connectivity index (χ0v) is 22.2. The Labute approximate surface area is 212 Å². The molecule has 1 spiro atoms. The number of aliphatic hydroxyl groups excluding tert-OH is 1. The summed E-state index contributed by atoms with van der Waals surface area (Å²) < 4.78 is 0. The molecule has 0 saturated carbocycles. The van der Waals surface area contributed by atoms with Crippen molar-refractivity contribution in [2.24, 2.45) is 17.3 Å². The van der Waals surface area contributed by atoms with Gasteiger partial charge in [0.25, 0.3) is 0 Å². The lowest BCUT2D eigenvalue weighted by molar-refractivity contribution is -0.133. The van der Waals surface area contributed by atoms with Crippen LogP contribution in [0.2, 0.25) is 0 Å². The molecule has 4 atom stereocenters. The predicted octanol–water partition coefficient (Wildman–Crippen LogP) is 4.00. The molecule has 0 aliphatic carbocycles. The number of allylic oxidation sites excluding steroid dienone is 2. The number of amides is 3. The molecule has 0 aromatic carbocycles. The van der Waals surface area contributed by atoms with Gasteiger partial charge in [0, 0.05) is 12.5 Å². The summed E-state index contributed by atoms with van der Waals surface area (Å²) in [6.45, 7) is 6.64. The summed E-state index contributed by atoms with van der Waals surface area (Å²) in [5.41, 5.74) is -0.616. The minimum absolute atomic E-state index is 0.00524. The lowest BCUT2D eigenvalue weighted by Gasteiger charge is -2.31. The van der Waals surface area contributed by atoms with Crippen LogP contribution >= 0.6 is 0 Å².